The molecule has 7 heteroatoms. The Morgan fingerprint density at radius 3 is 2.73 bits per heavy atom. The molecule has 2 fully saturated rings. The van der Waals surface area contributed by atoms with E-state index in [0.717, 1.165) is 39.3 Å². The van der Waals surface area contributed by atoms with E-state index in [0.29, 0.717) is 24.0 Å². The van der Waals surface area contributed by atoms with Gasteiger partial charge in [-0.15, -0.1) is 0 Å². The van der Waals surface area contributed by atoms with E-state index in [4.69, 9.17) is 16.3 Å². The third kappa shape index (κ3) is 3.63. The number of morpholine rings is 1. The summed E-state index contributed by atoms with van der Waals surface area (Å²) in [4.78, 5) is 2.65. The van der Waals surface area contributed by atoms with Crippen molar-refractivity contribution >= 4 is 21.6 Å². The molecule has 0 bridgehead atoms. The van der Waals surface area contributed by atoms with Crippen molar-refractivity contribution in [3.63, 3.8) is 0 Å². The highest BCUT2D eigenvalue weighted by Crippen LogP contribution is 2.26. The lowest BCUT2D eigenvalue weighted by Crippen LogP contribution is -2.40. The molecule has 2 saturated heterocycles. The van der Waals surface area contributed by atoms with Crippen LogP contribution in [0.1, 0.15) is 6.42 Å². The van der Waals surface area contributed by atoms with Crippen molar-refractivity contribution in [2.24, 2.45) is 5.92 Å². The van der Waals surface area contributed by atoms with Crippen molar-refractivity contribution in [1.29, 1.82) is 0 Å². The summed E-state index contributed by atoms with van der Waals surface area (Å²) < 4.78 is 32.3. The molecule has 2 aliphatic heterocycles. The van der Waals surface area contributed by atoms with E-state index >= 15 is 0 Å². The summed E-state index contributed by atoms with van der Waals surface area (Å²) in [7, 11) is -3.43. The normalized spacial score (nSPS) is 24.7. The van der Waals surface area contributed by atoms with E-state index in [2.05, 4.69) is 4.90 Å². The van der Waals surface area contributed by atoms with Gasteiger partial charge in [0.1, 0.15) is 0 Å². The minimum Gasteiger partial charge on any atom is -0.379 e. The average Bonchev–Trinajstić information content (AvgIpc) is 2.97. The fourth-order valence-electron chi connectivity index (χ4n) is 3.09. The predicted octanol–water partition coefficient (Wildman–Crippen LogP) is 1.68. The Kier molecular flexibility index (Phi) is 5.04. The summed E-state index contributed by atoms with van der Waals surface area (Å²) in [6.07, 6.45) is 0.914. The molecule has 22 heavy (non-hydrogen) atoms. The van der Waals surface area contributed by atoms with Crippen LogP contribution in [0.2, 0.25) is 5.02 Å². The molecule has 0 spiro atoms. The van der Waals surface area contributed by atoms with E-state index in [9.17, 15) is 8.42 Å². The van der Waals surface area contributed by atoms with Crippen molar-refractivity contribution in [2.75, 3.05) is 45.9 Å². The van der Waals surface area contributed by atoms with Gasteiger partial charge in [-0.25, -0.2) is 8.42 Å². The first kappa shape index (κ1) is 16.2. The first-order valence-corrected chi connectivity index (χ1v) is 9.43. The molecular formula is C15H21ClN2O3S. The topological polar surface area (TPSA) is 49.9 Å². The number of rotatable bonds is 4. The Morgan fingerprint density at radius 2 is 2.00 bits per heavy atom. The molecule has 0 aromatic heterocycles. The summed E-state index contributed by atoms with van der Waals surface area (Å²) in [5.74, 6) is 0.395. The Balaban J connectivity index is 1.64. The maximum atomic E-state index is 12.7. The predicted molar refractivity (Wildman–Crippen MR) is 85.6 cm³/mol. The van der Waals surface area contributed by atoms with Crippen LogP contribution >= 0.6 is 11.6 Å². The van der Waals surface area contributed by atoms with Crippen LogP contribution in [0.4, 0.5) is 0 Å². The third-order valence-electron chi connectivity index (χ3n) is 4.30. The molecule has 0 aliphatic carbocycles. The monoisotopic (exact) mass is 344 g/mol. The lowest BCUT2D eigenvalue weighted by atomic mass is 10.1. The highest BCUT2D eigenvalue weighted by atomic mass is 35.5. The molecule has 2 heterocycles. The first-order valence-electron chi connectivity index (χ1n) is 7.61. The first-order chi connectivity index (χ1) is 10.6. The molecule has 122 valence electrons. The quantitative estimate of drug-likeness (QED) is 0.834. The molecule has 0 unspecified atom stereocenters. The fourth-order valence-corrected chi connectivity index (χ4v) is 4.92. The van der Waals surface area contributed by atoms with Gasteiger partial charge in [0, 0.05) is 37.7 Å². The van der Waals surface area contributed by atoms with Gasteiger partial charge in [0.25, 0.3) is 0 Å². The molecule has 0 radical (unpaired) electrons. The van der Waals surface area contributed by atoms with Gasteiger partial charge in [0.15, 0.2) is 0 Å². The smallest absolute Gasteiger partial charge is 0.243 e. The van der Waals surface area contributed by atoms with E-state index in [1.807, 2.05) is 0 Å². The summed E-state index contributed by atoms with van der Waals surface area (Å²) in [6.45, 7) is 5.56. The lowest BCUT2D eigenvalue weighted by Gasteiger charge is -2.29. The summed E-state index contributed by atoms with van der Waals surface area (Å²) >= 11 is 5.91. The summed E-state index contributed by atoms with van der Waals surface area (Å²) in [5.41, 5.74) is 0. The van der Waals surface area contributed by atoms with Crippen LogP contribution in [0.3, 0.4) is 0 Å². The van der Waals surface area contributed by atoms with Crippen LogP contribution in [0.25, 0.3) is 0 Å². The van der Waals surface area contributed by atoms with Crippen molar-refractivity contribution < 1.29 is 13.2 Å². The summed E-state index contributed by atoms with van der Waals surface area (Å²) in [5, 5.41) is 0.449. The zero-order chi connectivity index (χ0) is 15.6. The van der Waals surface area contributed by atoms with Crippen LogP contribution < -0.4 is 0 Å². The van der Waals surface area contributed by atoms with Gasteiger partial charge in [0.2, 0.25) is 10.0 Å². The van der Waals surface area contributed by atoms with Gasteiger partial charge in [-0.05, 0) is 30.5 Å². The Bertz CT molecular complexity index is 617. The van der Waals surface area contributed by atoms with Gasteiger partial charge in [0.05, 0.1) is 18.1 Å². The van der Waals surface area contributed by atoms with Crippen molar-refractivity contribution in [2.45, 2.75) is 11.3 Å². The Hall–Kier alpha value is -0.660. The number of nitrogens with zero attached hydrogens (tertiary/aromatic N) is 2. The maximum Gasteiger partial charge on any atom is 0.243 e. The van der Waals surface area contributed by atoms with Crippen LogP contribution in [0.5, 0.6) is 0 Å². The number of ether oxygens (including phenoxy) is 1. The van der Waals surface area contributed by atoms with Crippen LogP contribution in [-0.2, 0) is 14.8 Å². The number of sulfonamides is 1. The number of hydrogen-bond donors (Lipinski definition) is 0. The van der Waals surface area contributed by atoms with Crippen LogP contribution in [0.15, 0.2) is 29.2 Å². The second kappa shape index (κ2) is 6.84. The van der Waals surface area contributed by atoms with Crippen LogP contribution in [-0.4, -0.2) is 63.6 Å². The minimum atomic E-state index is -3.43. The Morgan fingerprint density at radius 1 is 1.23 bits per heavy atom. The van der Waals surface area contributed by atoms with Crippen LogP contribution in [0, 0.1) is 5.92 Å². The molecule has 0 amide bonds. The van der Waals surface area contributed by atoms with Gasteiger partial charge < -0.3 is 4.74 Å². The van der Waals surface area contributed by atoms with E-state index in [-0.39, 0.29) is 4.90 Å². The molecule has 5 nitrogen and oxygen atoms in total. The molecule has 3 rings (SSSR count). The fraction of sp³-hybridized carbons (Fsp3) is 0.600. The second-order valence-electron chi connectivity index (χ2n) is 5.89. The van der Waals surface area contributed by atoms with Gasteiger partial charge in [-0.3, -0.25) is 4.90 Å². The highest BCUT2D eigenvalue weighted by Gasteiger charge is 2.33. The molecule has 1 aromatic rings. The van der Waals surface area contributed by atoms with E-state index in [1.165, 1.54) is 6.07 Å². The molecule has 0 saturated carbocycles. The van der Waals surface area contributed by atoms with Crippen molar-refractivity contribution in [1.82, 2.24) is 9.21 Å². The van der Waals surface area contributed by atoms with Crippen molar-refractivity contribution in [3.8, 4) is 0 Å². The van der Waals surface area contributed by atoms with Crippen molar-refractivity contribution in [3.05, 3.63) is 29.3 Å². The molecular weight excluding hydrogens is 324 g/mol. The molecule has 0 N–H and O–H groups in total. The lowest BCUT2D eigenvalue weighted by molar-refractivity contribution is 0.0316. The second-order valence-corrected chi connectivity index (χ2v) is 8.26. The zero-order valence-corrected chi connectivity index (χ0v) is 14.0. The SMILES string of the molecule is O=S(=O)(c1cccc(Cl)c1)N1CC[C@H](CN2CCOCC2)C1. The van der Waals surface area contributed by atoms with Gasteiger partial charge >= 0.3 is 0 Å². The molecule has 1 aromatic carbocycles. The highest BCUT2D eigenvalue weighted by molar-refractivity contribution is 7.89. The maximum absolute atomic E-state index is 12.7. The number of benzene rings is 1. The molecule has 1 atom stereocenters. The summed E-state index contributed by atoms with van der Waals surface area (Å²) in [6, 6.07) is 6.49. The largest absolute Gasteiger partial charge is 0.379 e. The zero-order valence-electron chi connectivity index (χ0n) is 12.4. The number of hydrogen-bond acceptors (Lipinski definition) is 4. The third-order valence-corrected chi connectivity index (χ3v) is 6.40. The van der Waals surface area contributed by atoms with E-state index < -0.39 is 10.0 Å². The molecule has 2 aliphatic rings. The minimum absolute atomic E-state index is 0.284. The van der Waals surface area contributed by atoms with Gasteiger partial charge in [-0.2, -0.15) is 4.31 Å². The van der Waals surface area contributed by atoms with E-state index in [1.54, 1.807) is 22.5 Å². The standard InChI is InChI=1S/C15H21ClN2O3S/c16-14-2-1-3-15(10-14)22(19,20)18-5-4-13(12-18)11-17-6-8-21-9-7-17/h1-3,10,13H,4-9,11-12H2/t13-/m1/s1. The Labute approximate surface area is 136 Å². The number of halogens is 1. The van der Waals surface area contributed by atoms with Gasteiger partial charge in [-0.1, -0.05) is 17.7 Å². The average molecular weight is 345 g/mol.